The van der Waals surface area contributed by atoms with E-state index in [2.05, 4.69) is 5.43 Å². The number of hydrogen-bond donors (Lipinski definition) is 2. The lowest BCUT2D eigenvalue weighted by atomic mass is 10.0. The molecular formula is C13H15ClN2O2. The molecule has 5 heteroatoms. The van der Waals surface area contributed by atoms with Gasteiger partial charge in [-0.2, -0.15) is 0 Å². The van der Waals surface area contributed by atoms with Crippen molar-refractivity contribution < 1.29 is 9.15 Å². The quantitative estimate of drug-likeness (QED) is 0.660. The first-order chi connectivity index (χ1) is 8.65. The Hall–Kier alpha value is -1.49. The van der Waals surface area contributed by atoms with Crippen molar-refractivity contribution in [2.45, 2.75) is 13.0 Å². The molecular weight excluding hydrogens is 252 g/mol. The number of halogens is 1. The Morgan fingerprint density at radius 1 is 1.33 bits per heavy atom. The molecule has 2 aromatic rings. The zero-order valence-electron chi connectivity index (χ0n) is 10.2. The van der Waals surface area contributed by atoms with Crippen molar-refractivity contribution in [3.8, 4) is 5.75 Å². The Labute approximate surface area is 111 Å². The fourth-order valence-electron chi connectivity index (χ4n) is 1.89. The number of nitrogens with two attached hydrogens (primary N) is 1. The normalized spacial score (nSPS) is 12.4. The minimum absolute atomic E-state index is 0.299. The highest BCUT2D eigenvalue weighted by atomic mass is 35.5. The van der Waals surface area contributed by atoms with Crippen LogP contribution in [0, 0.1) is 6.92 Å². The summed E-state index contributed by atoms with van der Waals surface area (Å²) in [6.07, 6.45) is 0. The molecule has 0 spiro atoms. The zero-order valence-corrected chi connectivity index (χ0v) is 11.0. The molecule has 0 aliphatic rings. The number of hydrogen-bond acceptors (Lipinski definition) is 4. The summed E-state index contributed by atoms with van der Waals surface area (Å²) in [6, 6.07) is 9.05. The lowest BCUT2D eigenvalue weighted by Crippen LogP contribution is -2.28. The van der Waals surface area contributed by atoms with Crippen LogP contribution in [0.1, 0.15) is 22.9 Å². The van der Waals surface area contributed by atoms with Gasteiger partial charge in [0, 0.05) is 5.56 Å². The summed E-state index contributed by atoms with van der Waals surface area (Å²) in [5.41, 5.74) is 4.74. The molecule has 96 valence electrons. The van der Waals surface area contributed by atoms with Crippen molar-refractivity contribution in [3.63, 3.8) is 0 Å². The smallest absolute Gasteiger partial charge is 0.193 e. The van der Waals surface area contributed by atoms with Gasteiger partial charge in [0.1, 0.15) is 17.6 Å². The minimum Gasteiger partial charge on any atom is -0.496 e. The van der Waals surface area contributed by atoms with Gasteiger partial charge in [0.25, 0.3) is 0 Å². The summed E-state index contributed by atoms with van der Waals surface area (Å²) in [5.74, 6) is 7.00. The van der Waals surface area contributed by atoms with E-state index in [1.807, 2.05) is 25.1 Å². The van der Waals surface area contributed by atoms with E-state index in [1.165, 1.54) is 0 Å². The van der Waals surface area contributed by atoms with Crippen molar-refractivity contribution in [2.75, 3.05) is 7.11 Å². The third-order valence-electron chi connectivity index (χ3n) is 2.74. The van der Waals surface area contributed by atoms with Crippen LogP contribution in [0.25, 0.3) is 0 Å². The van der Waals surface area contributed by atoms with Crippen LogP contribution in [0.2, 0.25) is 5.22 Å². The van der Waals surface area contributed by atoms with Crippen molar-refractivity contribution in [3.05, 3.63) is 52.4 Å². The van der Waals surface area contributed by atoms with Crippen molar-refractivity contribution in [2.24, 2.45) is 5.84 Å². The van der Waals surface area contributed by atoms with E-state index < -0.39 is 0 Å². The van der Waals surface area contributed by atoms with Gasteiger partial charge in [-0.05, 0) is 36.7 Å². The molecule has 0 bridgehead atoms. The lowest BCUT2D eigenvalue weighted by Gasteiger charge is -2.17. The highest BCUT2D eigenvalue weighted by Gasteiger charge is 2.20. The van der Waals surface area contributed by atoms with Crippen molar-refractivity contribution in [1.29, 1.82) is 0 Å². The van der Waals surface area contributed by atoms with Crippen LogP contribution >= 0.6 is 11.6 Å². The second kappa shape index (κ2) is 5.44. The lowest BCUT2D eigenvalue weighted by molar-refractivity contribution is 0.393. The number of methoxy groups -OCH3 is 1. The molecule has 1 atom stereocenters. The van der Waals surface area contributed by atoms with Crippen LogP contribution in [0.15, 0.2) is 34.7 Å². The molecule has 1 aromatic heterocycles. The van der Waals surface area contributed by atoms with Crippen molar-refractivity contribution in [1.82, 2.24) is 5.43 Å². The monoisotopic (exact) mass is 266 g/mol. The van der Waals surface area contributed by atoms with Gasteiger partial charge in [-0.15, -0.1) is 0 Å². The predicted octanol–water partition coefficient (Wildman–Crippen LogP) is 2.80. The van der Waals surface area contributed by atoms with E-state index in [0.29, 0.717) is 11.0 Å². The SMILES string of the molecule is COc1ccc(C)cc1C(NN)c1ccc(Cl)o1. The standard InChI is InChI=1S/C13H15ClN2O2/c1-8-3-4-10(17-2)9(7-8)13(16-15)11-5-6-12(14)18-11/h3-7,13,16H,15H2,1-2H3. The summed E-state index contributed by atoms with van der Waals surface area (Å²) < 4.78 is 10.7. The average Bonchev–Trinajstić information content (AvgIpc) is 2.77. The van der Waals surface area contributed by atoms with Gasteiger partial charge in [-0.3, -0.25) is 5.84 Å². The third-order valence-corrected chi connectivity index (χ3v) is 2.94. The van der Waals surface area contributed by atoms with E-state index in [-0.39, 0.29) is 6.04 Å². The second-order valence-electron chi connectivity index (χ2n) is 3.99. The largest absolute Gasteiger partial charge is 0.496 e. The van der Waals surface area contributed by atoms with Gasteiger partial charge in [0.15, 0.2) is 5.22 Å². The Bertz CT molecular complexity index is 540. The fraction of sp³-hybridized carbons (Fsp3) is 0.231. The Kier molecular flexibility index (Phi) is 3.91. The number of nitrogens with one attached hydrogen (secondary N) is 1. The van der Waals surface area contributed by atoms with Gasteiger partial charge < -0.3 is 9.15 Å². The van der Waals surface area contributed by atoms with Crippen LogP contribution in [0.3, 0.4) is 0 Å². The van der Waals surface area contributed by atoms with Gasteiger partial charge in [0.2, 0.25) is 0 Å². The van der Waals surface area contributed by atoms with E-state index in [4.69, 9.17) is 26.6 Å². The number of rotatable bonds is 4. The third kappa shape index (κ3) is 2.51. The van der Waals surface area contributed by atoms with Crippen LogP contribution < -0.4 is 16.0 Å². The van der Waals surface area contributed by atoms with Crippen molar-refractivity contribution >= 4 is 11.6 Å². The first-order valence-corrected chi connectivity index (χ1v) is 5.89. The number of ether oxygens (including phenoxy) is 1. The summed E-state index contributed by atoms with van der Waals surface area (Å²) >= 11 is 5.79. The summed E-state index contributed by atoms with van der Waals surface area (Å²) in [4.78, 5) is 0. The fourth-order valence-corrected chi connectivity index (χ4v) is 2.04. The van der Waals surface area contributed by atoms with Gasteiger partial charge in [0.05, 0.1) is 7.11 Å². The molecule has 0 saturated carbocycles. The van der Waals surface area contributed by atoms with Crippen LogP contribution in [-0.2, 0) is 0 Å². The van der Waals surface area contributed by atoms with Gasteiger partial charge in [-0.1, -0.05) is 17.7 Å². The molecule has 0 radical (unpaired) electrons. The molecule has 3 N–H and O–H groups in total. The topological polar surface area (TPSA) is 60.4 Å². The maximum absolute atomic E-state index is 5.79. The summed E-state index contributed by atoms with van der Waals surface area (Å²) in [6.45, 7) is 2.01. The molecule has 0 aliphatic heterocycles. The summed E-state index contributed by atoms with van der Waals surface area (Å²) in [5, 5.41) is 0.330. The maximum Gasteiger partial charge on any atom is 0.193 e. The summed E-state index contributed by atoms with van der Waals surface area (Å²) in [7, 11) is 1.62. The molecule has 4 nitrogen and oxygen atoms in total. The predicted molar refractivity (Wildman–Crippen MR) is 70.6 cm³/mol. The highest BCUT2D eigenvalue weighted by Crippen LogP contribution is 2.32. The maximum atomic E-state index is 5.79. The zero-order chi connectivity index (χ0) is 13.1. The Morgan fingerprint density at radius 2 is 2.11 bits per heavy atom. The Morgan fingerprint density at radius 3 is 2.67 bits per heavy atom. The first kappa shape index (κ1) is 13.0. The molecule has 1 unspecified atom stereocenters. The molecule has 0 saturated heterocycles. The number of benzene rings is 1. The van der Waals surface area contributed by atoms with Crippen LogP contribution in [0.5, 0.6) is 5.75 Å². The molecule has 0 aliphatic carbocycles. The molecule has 0 amide bonds. The molecule has 1 heterocycles. The van der Waals surface area contributed by atoms with Gasteiger partial charge >= 0.3 is 0 Å². The number of furan rings is 1. The van der Waals surface area contributed by atoms with E-state index in [9.17, 15) is 0 Å². The van der Waals surface area contributed by atoms with E-state index in [0.717, 1.165) is 16.9 Å². The van der Waals surface area contributed by atoms with Crippen LogP contribution in [0.4, 0.5) is 0 Å². The number of aryl methyl sites for hydroxylation is 1. The van der Waals surface area contributed by atoms with E-state index >= 15 is 0 Å². The van der Waals surface area contributed by atoms with Gasteiger partial charge in [-0.25, -0.2) is 5.43 Å². The Balaban J connectivity index is 2.47. The molecule has 1 aromatic carbocycles. The average molecular weight is 267 g/mol. The van der Waals surface area contributed by atoms with Crippen LogP contribution in [-0.4, -0.2) is 7.11 Å². The molecule has 0 fully saturated rings. The first-order valence-electron chi connectivity index (χ1n) is 5.51. The minimum atomic E-state index is -0.299. The highest BCUT2D eigenvalue weighted by molar-refractivity contribution is 6.28. The van der Waals surface area contributed by atoms with E-state index in [1.54, 1.807) is 19.2 Å². The molecule has 18 heavy (non-hydrogen) atoms. The number of hydrazine groups is 1. The second-order valence-corrected chi connectivity index (χ2v) is 4.36. The molecule has 2 rings (SSSR count).